The van der Waals surface area contributed by atoms with Crippen LogP contribution in [-0.4, -0.2) is 77.1 Å². The lowest BCUT2D eigenvalue weighted by Crippen LogP contribution is -2.55. The number of amides is 3. The molecule has 3 amide bonds. The molecule has 1 aliphatic heterocycles. The van der Waals surface area contributed by atoms with Crippen LogP contribution in [0.25, 0.3) is 0 Å². The van der Waals surface area contributed by atoms with E-state index in [1.54, 1.807) is 17.1 Å². The fourth-order valence-corrected chi connectivity index (χ4v) is 5.15. The monoisotopic (exact) mass is 561 g/mol. The summed E-state index contributed by atoms with van der Waals surface area (Å²) in [6.45, 7) is 6.65. The van der Waals surface area contributed by atoms with E-state index in [0.29, 0.717) is 18.8 Å². The van der Waals surface area contributed by atoms with Crippen molar-refractivity contribution >= 4 is 37.2 Å². The molecule has 2 fully saturated rings. The van der Waals surface area contributed by atoms with Gasteiger partial charge in [0, 0.05) is 19.3 Å². The Morgan fingerprint density at radius 3 is 2.51 bits per heavy atom. The average Bonchev–Trinajstić information content (AvgIpc) is 3.35. The van der Waals surface area contributed by atoms with E-state index < -0.39 is 34.7 Å². The Morgan fingerprint density at radius 2 is 1.90 bits per heavy atom. The van der Waals surface area contributed by atoms with Crippen LogP contribution < -0.4 is 15.7 Å². The van der Waals surface area contributed by atoms with Crippen LogP contribution in [0.2, 0.25) is 0 Å². The van der Waals surface area contributed by atoms with Crippen molar-refractivity contribution in [1.29, 1.82) is 0 Å². The van der Waals surface area contributed by atoms with Gasteiger partial charge in [0.2, 0.25) is 11.8 Å². The molecule has 2 N–H and O–H groups in total. The first-order valence-corrected chi connectivity index (χ1v) is 14.1. The van der Waals surface area contributed by atoms with E-state index in [1.165, 1.54) is 13.8 Å². The fourth-order valence-electron chi connectivity index (χ4n) is 5.15. The number of benzene rings is 1. The number of anilines is 1. The zero-order valence-electron chi connectivity index (χ0n) is 24.0. The summed E-state index contributed by atoms with van der Waals surface area (Å²) in [5.74, 6) is -1.25. The molecule has 1 aromatic heterocycles. The van der Waals surface area contributed by atoms with Crippen LogP contribution in [0.4, 0.5) is 5.82 Å². The molecule has 2 aliphatic rings. The van der Waals surface area contributed by atoms with Crippen LogP contribution >= 0.6 is 0 Å². The third-order valence-electron chi connectivity index (χ3n) is 7.94. The minimum absolute atomic E-state index is 0.103. The molecule has 1 atom stereocenters. The van der Waals surface area contributed by atoms with Crippen molar-refractivity contribution in [1.82, 2.24) is 19.8 Å². The molecule has 1 saturated carbocycles. The predicted octanol–water partition coefficient (Wildman–Crippen LogP) is 1.32. The lowest BCUT2D eigenvalue weighted by atomic mass is 9.75. The molecular formula is C29H38BN6O5-. The third kappa shape index (κ3) is 7.35. The Hall–Kier alpha value is -3.67. The van der Waals surface area contributed by atoms with Crippen LogP contribution in [0.3, 0.4) is 0 Å². The van der Waals surface area contributed by atoms with E-state index in [1.807, 2.05) is 35.2 Å². The Morgan fingerprint density at radius 1 is 1.22 bits per heavy atom. The van der Waals surface area contributed by atoms with Crippen LogP contribution in [-0.2, 0) is 31.3 Å². The number of hydrogen-bond donors (Lipinski definition) is 2. The zero-order valence-corrected chi connectivity index (χ0v) is 24.0. The Kier molecular flexibility index (Phi) is 9.52. The molecule has 1 saturated heterocycles. The molecule has 0 spiro atoms. The molecular weight excluding hydrogens is 523 g/mol. The van der Waals surface area contributed by atoms with Gasteiger partial charge >= 0.3 is 0 Å². The van der Waals surface area contributed by atoms with Crippen LogP contribution in [0.1, 0.15) is 58.4 Å². The summed E-state index contributed by atoms with van der Waals surface area (Å²) in [6, 6.07) is 8.29. The summed E-state index contributed by atoms with van der Waals surface area (Å²) in [6.07, 6.45) is 7.60. The lowest BCUT2D eigenvalue weighted by Gasteiger charge is -2.45. The van der Waals surface area contributed by atoms with Gasteiger partial charge in [-0.05, 0) is 57.4 Å². The third-order valence-corrected chi connectivity index (χ3v) is 7.94. The van der Waals surface area contributed by atoms with Crippen molar-refractivity contribution in [3.8, 4) is 0 Å². The average molecular weight is 561 g/mol. The molecule has 41 heavy (non-hydrogen) atoms. The van der Waals surface area contributed by atoms with Gasteiger partial charge < -0.3 is 34.9 Å². The highest BCUT2D eigenvalue weighted by atomic mass is 16.5. The Labute approximate surface area is 242 Å². The fraction of sp³-hybridized carbons (Fsp3) is 0.552. The van der Waals surface area contributed by atoms with Crippen molar-refractivity contribution in [2.45, 2.75) is 76.6 Å². The second kappa shape index (κ2) is 12.9. The van der Waals surface area contributed by atoms with Crippen molar-refractivity contribution < 1.29 is 24.2 Å². The molecule has 4 rings (SSSR count). The second-order valence-corrected chi connectivity index (χ2v) is 11.6. The number of ether oxygens (including phenoxy) is 1. The summed E-state index contributed by atoms with van der Waals surface area (Å²) in [4.78, 5) is 49.8. The first-order valence-electron chi connectivity index (χ1n) is 14.1. The quantitative estimate of drug-likeness (QED) is 0.241. The number of imidazole rings is 1. The molecule has 1 aliphatic carbocycles. The van der Waals surface area contributed by atoms with E-state index in [2.05, 4.69) is 27.5 Å². The highest BCUT2D eigenvalue weighted by Gasteiger charge is 2.48. The molecule has 2 heterocycles. The number of carbonyl (C=O) groups excluding carboxylic acids is 3. The smallest absolute Gasteiger partial charge is 0.250 e. The molecule has 0 bridgehead atoms. The molecule has 218 valence electrons. The zero-order chi connectivity index (χ0) is 29.6. The maximum atomic E-state index is 13.6. The van der Waals surface area contributed by atoms with Gasteiger partial charge in [0.05, 0.1) is 19.5 Å². The van der Waals surface area contributed by atoms with Gasteiger partial charge in [-0.2, -0.15) is 0 Å². The minimum Gasteiger partial charge on any atom is -0.870 e. The van der Waals surface area contributed by atoms with E-state index in [0.717, 1.165) is 37.9 Å². The van der Waals surface area contributed by atoms with E-state index in [-0.39, 0.29) is 24.9 Å². The first-order chi connectivity index (χ1) is 19.5. The van der Waals surface area contributed by atoms with Crippen molar-refractivity contribution in [2.24, 2.45) is 10.9 Å². The maximum absolute atomic E-state index is 13.6. The number of piperidine rings is 1. The SMILES string of the molecule is [B]C([O-])=NC(C)(C)C(=O)N[C@H](COCc1ccccc1)C(=O)Nc1cn(C2(C(=O)N3CCC(C)CC3)CCC2)cn1. The number of hydrogen-bond acceptors (Lipinski definition) is 7. The van der Waals surface area contributed by atoms with Gasteiger partial charge in [0.15, 0.2) is 5.82 Å². The van der Waals surface area contributed by atoms with Gasteiger partial charge in [-0.15, -0.1) is 0 Å². The molecule has 1 aromatic carbocycles. The highest BCUT2D eigenvalue weighted by molar-refractivity contribution is 6.55. The van der Waals surface area contributed by atoms with Gasteiger partial charge in [-0.3, -0.25) is 14.4 Å². The topological polar surface area (TPSA) is 141 Å². The van der Waals surface area contributed by atoms with Gasteiger partial charge in [-0.25, -0.2) is 4.98 Å². The van der Waals surface area contributed by atoms with Crippen LogP contribution in [0.5, 0.6) is 0 Å². The van der Waals surface area contributed by atoms with E-state index in [9.17, 15) is 19.5 Å². The number of carbonyl (C=O) groups is 3. The summed E-state index contributed by atoms with van der Waals surface area (Å²) >= 11 is 0. The molecule has 12 heteroatoms. The van der Waals surface area contributed by atoms with E-state index in [4.69, 9.17) is 12.6 Å². The van der Waals surface area contributed by atoms with Crippen molar-refractivity contribution in [3.05, 3.63) is 48.4 Å². The maximum Gasteiger partial charge on any atom is 0.250 e. The number of aliphatic imine (C=N–C) groups is 1. The number of nitrogens with zero attached hydrogens (tertiary/aromatic N) is 4. The Bertz CT molecular complexity index is 1250. The Balaban J connectivity index is 1.45. The molecule has 2 aromatic rings. The van der Waals surface area contributed by atoms with Gasteiger partial charge in [-0.1, -0.05) is 43.1 Å². The molecule has 2 radical (unpaired) electrons. The normalized spacial score (nSPS) is 18.3. The number of rotatable bonds is 11. The van der Waals surface area contributed by atoms with Gasteiger partial charge in [0.25, 0.3) is 5.91 Å². The van der Waals surface area contributed by atoms with Crippen molar-refractivity contribution in [3.63, 3.8) is 0 Å². The summed E-state index contributed by atoms with van der Waals surface area (Å²) in [5, 5.41) is 16.7. The number of nitrogens with one attached hydrogen (secondary N) is 2. The summed E-state index contributed by atoms with van der Waals surface area (Å²) in [5.41, 5.74) is -1.28. The summed E-state index contributed by atoms with van der Waals surface area (Å²) < 4.78 is 7.56. The minimum atomic E-state index is -1.49. The molecule has 11 nitrogen and oxygen atoms in total. The second-order valence-electron chi connectivity index (χ2n) is 11.6. The van der Waals surface area contributed by atoms with Gasteiger partial charge in [0.1, 0.15) is 25.0 Å². The van der Waals surface area contributed by atoms with Crippen LogP contribution in [0.15, 0.2) is 47.8 Å². The summed E-state index contributed by atoms with van der Waals surface area (Å²) in [7, 11) is 5.16. The predicted molar refractivity (Wildman–Crippen MR) is 153 cm³/mol. The standard InChI is InChI=1S/C29H39BN6O5/c1-20-10-14-35(15-11-20)26(39)29(12-7-13-29)36-16-23(31-19-36)33-24(37)22(18-41-17-21-8-5-4-6-9-21)32-25(38)28(2,3)34-27(30)40/h4-6,8-9,16,19-20,22H,7,10-15,17-18H2,1-3H3,(H,32,38)(H,33,37)(H,34,40)/p-1/t22-/m1/s1. The molecule has 0 unspecified atom stereocenters. The highest BCUT2D eigenvalue weighted by Crippen LogP contribution is 2.42. The first kappa shape index (κ1) is 30.3. The van der Waals surface area contributed by atoms with E-state index >= 15 is 0 Å². The number of likely N-dealkylation sites (tertiary alicyclic amines) is 1. The lowest BCUT2D eigenvalue weighted by molar-refractivity contribution is -0.208. The largest absolute Gasteiger partial charge is 0.870 e. The number of aromatic nitrogens is 2. The van der Waals surface area contributed by atoms with Crippen molar-refractivity contribution in [2.75, 3.05) is 25.0 Å². The van der Waals surface area contributed by atoms with Crippen LogP contribution in [0, 0.1) is 5.92 Å².